The molecule has 0 aliphatic heterocycles. The van der Waals surface area contributed by atoms with E-state index in [0.717, 1.165) is 6.54 Å². The molecule has 1 heterocycles. The minimum Gasteiger partial charge on any atom is -0.348 e. The summed E-state index contributed by atoms with van der Waals surface area (Å²) in [4.78, 5) is 12.1. The van der Waals surface area contributed by atoms with Crippen molar-refractivity contribution in [2.45, 2.75) is 40.3 Å². The lowest BCUT2D eigenvalue weighted by Gasteiger charge is -2.18. The third-order valence-electron chi connectivity index (χ3n) is 3.70. The number of aryl methyl sites for hydroxylation is 2. The molecule has 3 nitrogen and oxygen atoms in total. The van der Waals surface area contributed by atoms with Gasteiger partial charge in [0.25, 0.3) is 5.91 Å². The fourth-order valence-corrected chi connectivity index (χ4v) is 2.47. The zero-order chi connectivity index (χ0) is 14.7. The molecule has 0 bridgehead atoms. The number of nitrogens with zero attached hydrogens (tertiary/aromatic N) is 1. The van der Waals surface area contributed by atoms with Gasteiger partial charge < -0.3 is 9.88 Å². The lowest BCUT2D eigenvalue weighted by Crippen LogP contribution is -2.36. The second-order valence-corrected chi connectivity index (χ2v) is 5.41. The van der Waals surface area contributed by atoms with Crippen molar-refractivity contribution in [3.05, 3.63) is 58.9 Å². The third kappa shape index (κ3) is 3.10. The van der Waals surface area contributed by atoms with Crippen LogP contribution in [-0.4, -0.2) is 16.5 Å². The smallest absolute Gasteiger partial charge is 0.251 e. The van der Waals surface area contributed by atoms with Gasteiger partial charge in [-0.2, -0.15) is 0 Å². The van der Waals surface area contributed by atoms with Crippen LogP contribution in [0.2, 0.25) is 0 Å². The summed E-state index contributed by atoms with van der Waals surface area (Å²) in [5.74, 6) is -0.0164. The van der Waals surface area contributed by atoms with E-state index >= 15 is 0 Å². The van der Waals surface area contributed by atoms with Crippen LogP contribution >= 0.6 is 0 Å². The number of carbonyl (C=O) groups is 1. The first-order chi connectivity index (χ1) is 9.49. The molecule has 1 aromatic carbocycles. The Labute approximate surface area is 120 Å². The first-order valence-corrected chi connectivity index (χ1v) is 6.98. The molecule has 0 aliphatic carbocycles. The number of amides is 1. The maximum absolute atomic E-state index is 12.1. The number of rotatable bonds is 4. The van der Waals surface area contributed by atoms with Crippen LogP contribution in [0.5, 0.6) is 0 Å². The van der Waals surface area contributed by atoms with E-state index in [1.807, 2.05) is 37.3 Å². The Morgan fingerprint density at radius 3 is 2.40 bits per heavy atom. The van der Waals surface area contributed by atoms with E-state index in [1.165, 1.54) is 17.0 Å². The van der Waals surface area contributed by atoms with Gasteiger partial charge in [-0.15, -0.1) is 0 Å². The average Bonchev–Trinajstić information content (AvgIpc) is 2.66. The second-order valence-electron chi connectivity index (χ2n) is 5.41. The van der Waals surface area contributed by atoms with Gasteiger partial charge in [0.2, 0.25) is 0 Å². The molecule has 1 N–H and O–H groups in total. The van der Waals surface area contributed by atoms with Gasteiger partial charge in [0, 0.05) is 29.5 Å². The minimum absolute atomic E-state index is 0.0164. The average molecular weight is 270 g/mol. The van der Waals surface area contributed by atoms with Gasteiger partial charge in [0.15, 0.2) is 0 Å². The number of benzene rings is 1. The quantitative estimate of drug-likeness (QED) is 0.909. The molecular weight excluding hydrogens is 248 g/mol. The molecule has 0 saturated carbocycles. The van der Waals surface area contributed by atoms with Crippen LogP contribution in [0.3, 0.4) is 0 Å². The molecular formula is C17H22N2O. The fraction of sp³-hybridized carbons (Fsp3) is 0.353. The van der Waals surface area contributed by atoms with Crippen molar-refractivity contribution < 1.29 is 4.79 Å². The van der Waals surface area contributed by atoms with Gasteiger partial charge in [-0.3, -0.25) is 4.79 Å². The standard InChI is InChI=1S/C17H22N2O/c1-12-10-14(3)19(15(12)4)11-13(2)18-17(20)16-8-6-5-7-9-16/h5-10,13H,11H2,1-4H3,(H,18,20). The van der Waals surface area contributed by atoms with E-state index in [1.54, 1.807) is 0 Å². The lowest BCUT2D eigenvalue weighted by atomic mass is 10.2. The zero-order valence-corrected chi connectivity index (χ0v) is 12.6. The number of hydrogen-bond acceptors (Lipinski definition) is 1. The van der Waals surface area contributed by atoms with Crippen LogP contribution < -0.4 is 5.32 Å². The highest BCUT2D eigenvalue weighted by atomic mass is 16.1. The van der Waals surface area contributed by atoms with Gasteiger partial charge in [0.1, 0.15) is 0 Å². The number of carbonyl (C=O) groups excluding carboxylic acids is 1. The van der Waals surface area contributed by atoms with Crippen LogP contribution in [0.15, 0.2) is 36.4 Å². The van der Waals surface area contributed by atoms with Crippen molar-refractivity contribution in [3.8, 4) is 0 Å². The Morgan fingerprint density at radius 2 is 1.85 bits per heavy atom. The molecule has 106 valence electrons. The highest BCUT2D eigenvalue weighted by Crippen LogP contribution is 2.14. The maximum Gasteiger partial charge on any atom is 0.251 e. The molecule has 0 fully saturated rings. The normalized spacial score (nSPS) is 12.2. The Hall–Kier alpha value is -2.03. The fourth-order valence-electron chi connectivity index (χ4n) is 2.47. The molecule has 0 radical (unpaired) electrons. The van der Waals surface area contributed by atoms with Gasteiger partial charge in [0.05, 0.1) is 0 Å². The first kappa shape index (κ1) is 14.4. The molecule has 2 rings (SSSR count). The molecule has 0 saturated heterocycles. The van der Waals surface area contributed by atoms with E-state index in [4.69, 9.17) is 0 Å². The molecule has 0 aliphatic rings. The van der Waals surface area contributed by atoms with Crippen LogP contribution in [0.1, 0.15) is 34.2 Å². The van der Waals surface area contributed by atoms with E-state index in [0.29, 0.717) is 5.56 Å². The van der Waals surface area contributed by atoms with Gasteiger partial charge in [-0.25, -0.2) is 0 Å². The lowest BCUT2D eigenvalue weighted by molar-refractivity contribution is 0.0936. The summed E-state index contributed by atoms with van der Waals surface area (Å²) in [6, 6.07) is 11.6. The molecule has 1 aromatic heterocycles. The number of nitrogens with one attached hydrogen (secondary N) is 1. The zero-order valence-electron chi connectivity index (χ0n) is 12.6. The summed E-state index contributed by atoms with van der Waals surface area (Å²) >= 11 is 0. The van der Waals surface area contributed by atoms with Crippen molar-refractivity contribution >= 4 is 5.91 Å². The summed E-state index contributed by atoms with van der Waals surface area (Å²) in [7, 11) is 0. The molecule has 1 unspecified atom stereocenters. The van der Waals surface area contributed by atoms with E-state index in [-0.39, 0.29) is 11.9 Å². The summed E-state index contributed by atoms with van der Waals surface area (Å²) in [6.45, 7) is 9.17. The molecule has 1 amide bonds. The first-order valence-electron chi connectivity index (χ1n) is 6.98. The van der Waals surface area contributed by atoms with Crippen LogP contribution in [-0.2, 0) is 6.54 Å². The Morgan fingerprint density at radius 1 is 1.20 bits per heavy atom. The van der Waals surface area contributed by atoms with Crippen molar-refractivity contribution in [1.82, 2.24) is 9.88 Å². The summed E-state index contributed by atoms with van der Waals surface area (Å²) in [5.41, 5.74) is 4.50. The molecule has 2 aromatic rings. The molecule has 0 spiro atoms. The Bertz CT molecular complexity index is 599. The van der Waals surface area contributed by atoms with Crippen molar-refractivity contribution in [2.24, 2.45) is 0 Å². The van der Waals surface area contributed by atoms with Gasteiger partial charge in [-0.05, 0) is 51.5 Å². The summed E-state index contributed by atoms with van der Waals surface area (Å²) in [5, 5.41) is 3.05. The van der Waals surface area contributed by atoms with E-state index < -0.39 is 0 Å². The monoisotopic (exact) mass is 270 g/mol. The van der Waals surface area contributed by atoms with Crippen molar-refractivity contribution in [1.29, 1.82) is 0 Å². The Kier molecular flexibility index (Phi) is 4.28. The van der Waals surface area contributed by atoms with Crippen LogP contribution in [0.25, 0.3) is 0 Å². The topological polar surface area (TPSA) is 34.0 Å². The Balaban J connectivity index is 2.02. The van der Waals surface area contributed by atoms with E-state index in [2.05, 4.69) is 36.7 Å². The SMILES string of the molecule is Cc1cc(C)n(CC(C)NC(=O)c2ccccc2)c1C. The van der Waals surface area contributed by atoms with Crippen molar-refractivity contribution in [3.63, 3.8) is 0 Å². The van der Waals surface area contributed by atoms with Crippen LogP contribution in [0, 0.1) is 20.8 Å². The number of aromatic nitrogens is 1. The second kappa shape index (κ2) is 5.95. The summed E-state index contributed by atoms with van der Waals surface area (Å²) < 4.78 is 2.26. The summed E-state index contributed by atoms with van der Waals surface area (Å²) in [6.07, 6.45) is 0. The highest BCUT2D eigenvalue weighted by Gasteiger charge is 2.12. The predicted molar refractivity (Wildman–Crippen MR) is 82.0 cm³/mol. The number of hydrogen-bond donors (Lipinski definition) is 1. The van der Waals surface area contributed by atoms with E-state index in [9.17, 15) is 4.79 Å². The van der Waals surface area contributed by atoms with Gasteiger partial charge >= 0.3 is 0 Å². The van der Waals surface area contributed by atoms with Crippen LogP contribution in [0.4, 0.5) is 0 Å². The molecule has 20 heavy (non-hydrogen) atoms. The maximum atomic E-state index is 12.1. The molecule has 1 atom stereocenters. The minimum atomic E-state index is -0.0164. The predicted octanol–water partition coefficient (Wildman–Crippen LogP) is 3.23. The molecule has 3 heteroatoms. The largest absolute Gasteiger partial charge is 0.348 e. The highest BCUT2D eigenvalue weighted by molar-refractivity contribution is 5.94. The van der Waals surface area contributed by atoms with Gasteiger partial charge in [-0.1, -0.05) is 18.2 Å². The van der Waals surface area contributed by atoms with Crippen molar-refractivity contribution in [2.75, 3.05) is 0 Å². The third-order valence-corrected chi connectivity index (χ3v) is 3.70.